The summed E-state index contributed by atoms with van der Waals surface area (Å²) in [5, 5.41) is 22.8. The molecule has 3 aromatic rings. The molecular formula is C22H17FN4O3. The zero-order valence-corrected chi connectivity index (χ0v) is 16.2. The minimum Gasteiger partial charge on any atom is -0.321 e. The minimum atomic E-state index is -0.676. The molecule has 7 nitrogen and oxygen atoms in total. The number of halogens is 1. The third-order valence-corrected chi connectivity index (χ3v) is 4.53. The molecule has 1 aromatic heterocycles. The molecule has 1 amide bonds. The zero-order chi connectivity index (χ0) is 21.8. The Labute approximate surface area is 171 Å². The van der Waals surface area contributed by atoms with E-state index in [2.05, 4.69) is 5.32 Å². The molecule has 2 aromatic carbocycles. The topological polar surface area (TPSA) is 101 Å². The van der Waals surface area contributed by atoms with Crippen molar-refractivity contribution >= 4 is 23.4 Å². The Kier molecular flexibility index (Phi) is 5.74. The van der Waals surface area contributed by atoms with E-state index in [4.69, 9.17) is 0 Å². The normalized spacial score (nSPS) is 11.1. The molecule has 0 saturated heterocycles. The van der Waals surface area contributed by atoms with Crippen molar-refractivity contribution in [2.24, 2.45) is 0 Å². The lowest BCUT2D eigenvalue weighted by Gasteiger charge is -2.09. The SMILES string of the molecule is Cc1cc(/C=C(\C#N)C(=O)Nc2cccc([N+](=O)[O-])c2)c(C)n1-c1ccc(F)cc1. The highest BCUT2D eigenvalue weighted by atomic mass is 19.1. The number of carbonyl (C=O) groups is 1. The van der Waals surface area contributed by atoms with Gasteiger partial charge in [0.1, 0.15) is 17.5 Å². The largest absolute Gasteiger partial charge is 0.321 e. The Balaban J connectivity index is 1.91. The van der Waals surface area contributed by atoms with Crippen LogP contribution in [0.15, 0.2) is 60.2 Å². The lowest BCUT2D eigenvalue weighted by molar-refractivity contribution is -0.384. The Morgan fingerprint density at radius 2 is 1.90 bits per heavy atom. The Hall–Kier alpha value is -4.25. The fourth-order valence-corrected chi connectivity index (χ4v) is 3.12. The second-order valence-electron chi connectivity index (χ2n) is 6.57. The van der Waals surface area contributed by atoms with Crippen molar-refractivity contribution in [1.29, 1.82) is 5.26 Å². The summed E-state index contributed by atoms with van der Waals surface area (Å²) in [5.41, 5.74) is 2.93. The van der Waals surface area contributed by atoms with Crippen molar-refractivity contribution in [2.75, 3.05) is 5.32 Å². The molecule has 0 aliphatic heterocycles. The van der Waals surface area contributed by atoms with Gasteiger partial charge in [0.15, 0.2) is 0 Å². The number of nitro benzene ring substituents is 1. The fraction of sp³-hybridized carbons (Fsp3) is 0.0909. The standard InChI is InChI=1S/C22H17FN4O3/c1-14-10-16(15(2)26(14)20-8-6-18(23)7-9-20)11-17(13-24)22(28)25-19-4-3-5-21(12-19)27(29)30/h3-12H,1-2H3,(H,25,28)/b17-11+. The van der Waals surface area contributed by atoms with Crippen LogP contribution in [0.2, 0.25) is 0 Å². The predicted molar refractivity (Wildman–Crippen MR) is 111 cm³/mol. The first kappa shape index (κ1) is 20.5. The van der Waals surface area contributed by atoms with E-state index in [1.165, 1.54) is 42.5 Å². The van der Waals surface area contributed by atoms with Crippen LogP contribution in [0.5, 0.6) is 0 Å². The van der Waals surface area contributed by atoms with Crippen LogP contribution in [0.1, 0.15) is 17.0 Å². The zero-order valence-electron chi connectivity index (χ0n) is 16.2. The van der Waals surface area contributed by atoms with Crippen LogP contribution in [0.4, 0.5) is 15.8 Å². The highest BCUT2D eigenvalue weighted by Crippen LogP contribution is 2.24. The summed E-state index contributed by atoms with van der Waals surface area (Å²) < 4.78 is 15.1. The number of non-ortho nitro benzene ring substituents is 1. The average Bonchev–Trinajstić information content (AvgIpc) is 3.00. The molecule has 150 valence electrons. The molecule has 0 atom stereocenters. The van der Waals surface area contributed by atoms with Gasteiger partial charge in [0.25, 0.3) is 11.6 Å². The number of benzene rings is 2. The van der Waals surface area contributed by atoms with Gasteiger partial charge in [-0.2, -0.15) is 5.26 Å². The molecule has 0 aliphatic carbocycles. The lowest BCUT2D eigenvalue weighted by Crippen LogP contribution is -2.13. The summed E-state index contributed by atoms with van der Waals surface area (Å²) in [6.07, 6.45) is 1.45. The third-order valence-electron chi connectivity index (χ3n) is 4.53. The third kappa shape index (κ3) is 4.25. The molecular weight excluding hydrogens is 387 g/mol. The number of aromatic nitrogens is 1. The summed E-state index contributed by atoms with van der Waals surface area (Å²) in [6.45, 7) is 3.69. The first-order valence-corrected chi connectivity index (χ1v) is 8.92. The summed E-state index contributed by atoms with van der Waals surface area (Å²) in [4.78, 5) is 22.8. The van der Waals surface area contributed by atoms with Crippen molar-refractivity contribution in [3.63, 3.8) is 0 Å². The lowest BCUT2D eigenvalue weighted by atomic mass is 10.1. The van der Waals surface area contributed by atoms with Gasteiger partial charge < -0.3 is 9.88 Å². The molecule has 0 saturated carbocycles. The van der Waals surface area contributed by atoms with Crippen molar-refractivity contribution in [1.82, 2.24) is 4.57 Å². The van der Waals surface area contributed by atoms with Gasteiger partial charge in [0.05, 0.1) is 4.92 Å². The Bertz CT molecular complexity index is 1200. The number of nitriles is 1. The van der Waals surface area contributed by atoms with Crippen molar-refractivity contribution < 1.29 is 14.1 Å². The second kappa shape index (κ2) is 8.41. The van der Waals surface area contributed by atoms with Gasteiger partial charge in [0.2, 0.25) is 0 Å². The van der Waals surface area contributed by atoms with E-state index in [0.29, 0.717) is 5.56 Å². The molecule has 0 spiro atoms. The number of amides is 1. The minimum absolute atomic E-state index is 0.152. The van der Waals surface area contributed by atoms with Gasteiger partial charge in [0, 0.05) is 34.9 Å². The number of nitrogens with one attached hydrogen (secondary N) is 1. The van der Waals surface area contributed by atoms with Gasteiger partial charge in [-0.05, 0) is 61.9 Å². The summed E-state index contributed by atoms with van der Waals surface area (Å²) >= 11 is 0. The molecule has 0 bridgehead atoms. The number of hydrogen-bond donors (Lipinski definition) is 1. The Morgan fingerprint density at radius 1 is 1.20 bits per heavy atom. The highest BCUT2D eigenvalue weighted by molar-refractivity contribution is 6.09. The van der Waals surface area contributed by atoms with Crippen LogP contribution < -0.4 is 5.32 Å². The van der Waals surface area contributed by atoms with Gasteiger partial charge in [-0.15, -0.1) is 0 Å². The molecule has 3 rings (SSSR count). The van der Waals surface area contributed by atoms with Crippen LogP contribution >= 0.6 is 0 Å². The molecule has 1 heterocycles. The number of anilines is 1. The predicted octanol–water partition coefficient (Wildman–Crippen LogP) is 4.69. The monoisotopic (exact) mass is 404 g/mol. The first-order valence-electron chi connectivity index (χ1n) is 8.92. The van der Waals surface area contributed by atoms with E-state index < -0.39 is 10.8 Å². The quantitative estimate of drug-likeness (QED) is 0.289. The number of aryl methyl sites for hydroxylation is 1. The van der Waals surface area contributed by atoms with Gasteiger partial charge >= 0.3 is 0 Å². The van der Waals surface area contributed by atoms with E-state index in [1.54, 1.807) is 12.1 Å². The molecule has 30 heavy (non-hydrogen) atoms. The van der Waals surface area contributed by atoms with Crippen LogP contribution in [-0.4, -0.2) is 15.4 Å². The van der Waals surface area contributed by atoms with E-state index >= 15 is 0 Å². The molecule has 0 radical (unpaired) electrons. The number of rotatable bonds is 5. The molecule has 0 fully saturated rings. The number of carbonyl (C=O) groups excluding carboxylic acids is 1. The summed E-state index contributed by atoms with van der Waals surface area (Å²) in [6, 6.07) is 15.2. The van der Waals surface area contributed by atoms with Crippen molar-refractivity contribution in [3.8, 4) is 11.8 Å². The van der Waals surface area contributed by atoms with E-state index in [1.807, 2.05) is 30.6 Å². The molecule has 1 N–H and O–H groups in total. The van der Waals surface area contributed by atoms with Crippen LogP contribution in [-0.2, 0) is 4.79 Å². The van der Waals surface area contributed by atoms with Crippen LogP contribution in [0.3, 0.4) is 0 Å². The summed E-state index contributed by atoms with van der Waals surface area (Å²) in [5.74, 6) is -1.02. The maximum Gasteiger partial charge on any atom is 0.271 e. The van der Waals surface area contributed by atoms with Crippen LogP contribution in [0, 0.1) is 41.1 Å². The second-order valence-corrected chi connectivity index (χ2v) is 6.57. The first-order chi connectivity index (χ1) is 14.3. The van der Waals surface area contributed by atoms with E-state index in [9.17, 15) is 24.6 Å². The highest BCUT2D eigenvalue weighted by Gasteiger charge is 2.15. The van der Waals surface area contributed by atoms with Crippen LogP contribution in [0.25, 0.3) is 11.8 Å². The summed E-state index contributed by atoms with van der Waals surface area (Å²) in [7, 11) is 0. The maximum absolute atomic E-state index is 13.2. The fourth-order valence-electron chi connectivity index (χ4n) is 3.12. The molecule has 0 aliphatic rings. The average molecular weight is 404 g/mol. The molecule has 8 heteroatoms. The van der Waals surface area contributed by atoms with E-state index in [0.717, 1.165) is 17.1 Å². The maximum atomic E-state index is 13.2. The Morgan fingerprint density at radius 3 is 2.53 bits per heavy atom. The number of hydrogen-bond acceptors (Lipinski definition) is 4. The van der Waals surface area contributed by atoms with Crippen molar-refractivity contribution in [2.45, 2.75) is 13.8 Å². The van der Waals surface area contributed by atoms with Gasteiger partial charge in [-0.1, -0.05) is 6.07 Å². The van der Waals surface area contributed by atoms with Gasteiger partial charge in [-0.3, -0.25) is 14.9 Å². The smallest absolute Gasteiger partial charge is 0.271 e. The van der Waals surface area contributed by atoms with E-state index in [-0.39, 0.29) is 22.8 Å². The number of nitrogens with zero attached hydrogens (tertiary/aromatic N) is 3. The number of nitro groups is 1. The molecule has 0 unspecified atom stereocenters. The van der Waals surface area contributed by atoms with Crippen molar-refractivity contribution in [3.05, 3.63) is 93.1 Å². The van der Waals surface area contributed by atoms with Gasteiger partial charge in [-0.25, -0.2) is 4.39 Å².